The fourth-order valence-electron chi connectivity index (χ4n) is 2.36. The SMILES string of the molecule is CC(=O)Nc1ccc(N[C@H](C)C(=O)Nc2cccc(S(=O)(=O)N(C)C)c2)cc1. The summed E-state index contributed by atoms with van der Waals surface area (Å²) in [6.07, 6.45) is 0. The van der Waals surface area contributed by atoms with Crippen molar-refractivity contribution < 1.29 is 18.0 Å². The van der Waals surface area contributed by atoms with E-state index in [1.807, 2.05) is 0 Å². The van der Waals surface area contributed by atoms with Gasteiger partial charge in [-0.25, -0.2) is 12.7 Å². The molecule has 1 atom stereocenters. The molecule has 150 valence electrons. The van der Waals surface area contributed by atoms with Gasteiger partial charge in [-0.3, -0.25) is 9.59 Å². The van der Waals surface area contributed by atoms with E-state index in [1.54, 1.807) is 43.3 Å². The zero-order valence-corrected chi connectivity index (χ0v) is 17.0. The second kappa shape index (κ2) is 8.85. The van der Waals surface area contributed by atoms with Crippen LogP contribution in [0, 0.1) is 0 Å². The van der Waals surface area contributed by atoms with Crippen LogP contribution in [0.15, 0.2) is 53.4 Å². The molecule has 3 N–H and O–H groups in total. The van der Waals surface area contributed by atoms with Crippen LogP contribution in [0.25, 0.3) is 0 Å². The number of benzene rings is 2. The van der Waals surface area contributed by atoms with E-state index in [1.165, 1.54) is 33.2 Å². The predicted octanol–water partition coefficient (Wildman–Crippen LogP) is 2.33. The maximum atomic E-state index is 12.4. The Morgan fingerprint density at radius 3 is 2.11 bits per heavy atom. The van der Waals surface area contributed by atoms with Crippen LogP contribution in [0.3, 0.4) is 0 Å². The number of hydrogen-bond donors (Lipinski definition) is 3. The third-order valence-corrected chi connectivity index (χ3v) is 5.67. The van der Waals surface area contributed by atoms with E-state index >= 15 is 0 Å². The average molecular weight is 404 g/mol. The number of sulfonamides is 1. The lowest BCUT2D eigenvalue weighted by Crippen LogP contribution is -2.32. The van der Waals surface area contributed by atoms with Crippen molar-refractivity contribution in [2.75, 3.05) is 30.0 Å². The van der Waals surface area contributed by atoms with Gasteiger partial charge in [-0.05, 0) is 49.4 Å². The van der Waals surface area contributed by atoms with Gasteiger partial charge in [0, 0.05) is 38.1 Å². The van der Waals surface area contributed by atoms with Crippen molar-refractivity contribution in [1.29, 1.82) is 0 Å². The highest BCUT2D eigenvalue weighted by Gasteiger charge is 2.18. The molecule has 2 aromatic carbocycles. The summed E-state index contributed by atoms with van der Waals surface area (Å²) in [6.45, 7) is 3.12. The molecule has 0 radical (unpaired) electrons. The Labute approximate surface area is 165 Å². The molecule has 0 bridgehead atoms. The molecule has 0 saturated carbocycles. The van der Waals surface area contributed by atoms with E-state index in [4.69, 9.17) is 0 Å². The number of rotatable bonds is 7. The maximum Gasteiger partial charge on any atom is 0.246 e. The summed E-state index contributed by atoms with van der Waals surface area (Å²) in [5.41, 5.74) is 1.76. The molecule has 9 heteroatoms. The van der Waals surface area contributed by atoms with Gasteiger partial charge in [0.05, 0.1) is 4.90 Å². The van der Waals surface area contributed by atoms with Gasteiger partial charge >= 0.3 is 0 Å². The molecule has 8 nitrogen and oxygen atoms in total. The summed E-state index contributed by atoms with van der Waals surface area (Å²) in [5, 5.41) is 8.43. The fourth-order valence-corrected chi connectivity index (χ4v) is 3.31. The highest BCUT2D eigenvalue weighted by molar-refractivity contribution is 7.89. The van der Waals surface area contributed by atoms with E-state index < -0.39 is 16.1 Å². The zero-order chi connectivity index (χ0) is 20.9. The van der Waals surface area contributed by atoms with Crippen LogP contribution in [-0.4, -0.2) is 44.7 Å². The van der Waals surface area contributed by atoms with Gasteiger partial charge in [0.2, 0.25) is 21.8 Å². The Morgan fingerprint density at radius 2 is 1.54 bits per heavy atom. The third kappa shape index (κ3) is 5.54. The number of carbonyl (C=O) groups is 2. The van der Waals surface area contributed by atoms with E-state index in [9.17, 15) is 18.0 Å². The van der Waals surface area contributed by atoms with Crippen LogP contribution in [0.1, 0.15) is 13.8 Å². The molecule has 2 aromatic rings. The van der Waals surface area contributed by atoms with Gasteiger partial charge in [-0.15, -0.1) is 0 Å². The van der Waals surface area contributed by atoms with Crippen LogP contribution in [0.5, 0.6) is 0 Å². The minimum Gasteiger partial charge on any atom is -0.374 e. The van der Waals surface area contributed by atoms with Crippen molar-refractivity contribution in [1.82, 2.24) is 4.31 Å². The molecular weight excluding hydrogens is 380 g/mol. The third-order valence-electron chi connectivity index (χ3n) is 3.86. The highest BCUT2D eigenvalue weighted by Crippen LogP contribution is 2.19. The Hall–Kier alpha value is -2.91. The van der Waals surface area contributed by atoms with E-state index in [0.29, 0.717) is 17.1 Å². The van der Waals surface area contributed by atoms with Gasteiger partial charge in [-0.2, -0.15) is 0 Å². The lowest BCUT2D eigenvalue weighted by atomic mass is 10.2. The van der Waals surface area contributed by atoms with Crippen molar-refractivity contribution in [3.05, 3.63) is 48.5 Å². The summed E-state index contributed by atoms with van der Waals surface area (Å²) in [5.74, 6) is -0.475. The molecule has 0 heterocycles. The first-order chi connectivity index (χ1) is 13.1. The molecule has 2 rings (SSSR count). The van der Waals surface area contributed by atoms with E-state index in [2.05, 4.69) is 16.0 Å². The van der Waals surface area contributed by atoms with Gasteiger partial charge < -0.3 is 16.0 Å². The Morgan fingerprint density at radius 1 is 0.929 bits per heavy atom. The Balaban J connectivity index is 2.04. The van der Waals surface area contributed by atoms with Crippen LogP contribution in [0.4, 0.5) is 17.1 Å². The first kappa shape index (κ1) is 21.4. The fraction of sp³-hybridized carbons (Fsp3) is 0.263. The van der Waals surface area contributed by atoms with Crippen molar-refractivity contribution in [2.24, 2.45) is 0 Å². The Bertz CT molecular complexity index is 956. The largest absolute Gasteiger partial charge is 0.374 e. The quantitative estimate of drug-likeness (QED) is 0.656. The van der Waals surface area contributed by atoms with Crippen LogP contribution >= 0.6 is 0 Å². The lowest BCUT2D eigenvalue weighted by Gasteiger charge is -2.17. The van der Waals surface area contributed by atoms with Crippen molar-refractivity contribution >= 4 is 38.9 Å². The van der Waals surface area contributed by atoms with Crippen LogP contribution in [-0.2, 0) is 19.6 Å². The molecule has 2 amide bonds. The first-order valence-corrected chi connectivity index (χ1v) is 10.0. The smallest absolute Gasteiger partial charge is 0.246 e. The van der Waals surface area contributed by atoms with Crippen molar-refractivity contribution in [2.45, 2.75) is 24.8 Å². The Kier molecular flexibility index (Phi) is 6.76. The summed E-state index contributed by atoms with van der Waals surface area (Å²) >= 11 is 0. The molecule has 0 aliphatic rings. The normalized spacial score (nSPS) is 12.3. The topological polar surface area (TPSA) is 108 Å². The van der Waals surface area contributed by atoms with Crippen molar-refractivity contribution in [3.8, 4) is 0 Å². The summed E-state index contributed by atoms with van der Waals surface area (Å²) in [7, 11) is -0.684. The van der Waals surface area contributed by atoms with Gasteiger partial charge in [-0.1, -0.05) is 6.07 Å². The monoisotopic (exact) mass is 404 g/mol. The van der Waals surface area contributed by atoms with Gasteiger partial charge in [0.15, 0.2) is 0 Å². The average Bonchev–Trinajstić information content (AvgIpc) is 2.63. The number of nitrogens with zero attached hydrogens (tertiary/aromatic N) is 1. The summed E-state index contributed by atoms with van der Waals surface area (Å²) in [4.78, 5) is 23.6. The second-order valence-electron chi connectivity index (χ2n) is 6.43. The predicted molar refractivity (Wildman–Crippen MR) is 110 cm³/mol. The minimum atomic E-state index is -3.58. The number of carbonyl (C=O) groups excluding carboxylic acids is 2. The number of hydrogen-bond acceptors (Lipinski definition) is 5. The molecule has 0 unspecified atom stereocenters. The standard InChI is InChI=1S/C19H24N4O4S/c1-13(20-15-8-10-16(11-9-15)21-14(2)24)19(25)22-17-6-5-7-18(12-17)28(26,27)23(3)4/h5-13,20H,1-4H3,(H,21,24)(H,22,25)/t13-/m1/s1. The van der Waals surface area contributed by atoms with Crippen LogP contribution in [0.2, 0.25) is 0 Å². The molecule has 0 saturated heterocycles. The molecular formula is C19H24N4O4S. The zero-order valence-electron chi connectivity index (χ0n) is 16.2. The molecule has 28 heavy (non-hydrogen) atoms. The lowest BCUT2D eigenvalue weighted by molar-refractivity contribution is -0.116. The van der Waals surface area contributed by atoms with E-state index in [-0.39, 0.29) is 16.7 Å². The molecule has 0 aliphatic heterocycles. The number of anilines is 3. The molecule has 0 aliphatic carbocycles. The number of amides is 2. The van der Waals surface area contributed by atoms with Gasteiger partial charge in [0.25, 0.3) is 0 Å². The molecule has 0 spiro atoms. The first-order valence-electron chi connectivity index (χ1n) is 8.57. The molecule has 0 fully saturated rings. The number of nitrogens with one attached hydrogen (secondary N) is 3. The second-order valence-corrected chi connectivity index (χ2v) is 8.58. The summed E-state index contributed by atoms with van der Waals surface area (Å²) in [6, 6.07) is 12.5. The minimum absolute atomic E-state index is 0.101. The van der Waals surface area contributed by atoms with E-state index in [0.717, 1.165) is 4.31 Å². The maximum absolute atomic E-state index is 12.4. The summed E-state index contributed by atoms with van der Waals surface area (Å²) < 4.78 is 25.5. The highest BCUT2D eigenvalue weighted by atomic mass is 32.2. The van der Waals surface area contributed by atoms with Crippen LogP contribution < -0.4 is 16.0 Å². The molecule has 0 aromatic heterocycles. The van der Waals surface area contributed by atoms with Crippen molar-refractivity contribution in [3.63, 3.8) is 0 Å². The van der Waals surface area contributed by atoms with Gasteiger partial charge in [0.1, 0.15) is 6.04 Å².